The van der Waals surface area contributed by atoms with Crippen molar-refractivity contribution in [1.29, 1.82) is 0 Å². The quantitative estimate of drug-likeness (QED) is 0.0507. The summed E-state index contributed by atoms with van der Waals surface area (Å²) in [6.45, 7) is 18.8. The summed E-state index contributed by atoms with van der Waals surface area (Å²) in [7, 11) is 0. The first-order chi connectivity index (χ1) is 22.7. The Morgan fingerprint density at radius 3 is 1.48 bits per heavy atom. The lowest BCUT2D eigenvalue weighted by atomic mass is 9.88. The molecule has 2 N–H and O–H groups in total. The molecule has 0 heterocycles. The molecule has 13 nitrogen and oxygen atoms in total. The minimum atomic E-state index is -0.960. The lowest BCUT2D eigenvalue weighted by molar-refractivity contribution is -0.162. The second kappa shape index (κ2) is 26.2. The van der Waals surface area contributed by atoms with E-state index in [2.05, 4.69) is 30.4 Å². The van der Waals surface area contributed by atoms with Crippen LogP contribution in [0.2, 0.25) is 0 Å². The molecule has 0 bridgehead atoms. The Balaban J connectivity index is 4.87. The predicted octanol–water partition coefficient (Wildman–Crippen LogP) is 3.70. The molecule has 0 aromatic carbocycles. The molecule has 0 aromatic rings. The van der Waals surface area contributed by atoms with Gasteiger partial charge in [0, 0.05) is 43.6 Å². The first kappa shape index (κ1) is 44.2. The molecule has 0 aliphatic carbocycles. The Morgan fingerprint density at radius 1 is 0.521 bits per heavy atom. The van der Waals surface area contributed by atoms with Crippen LogP contribution >= 0.6 is 0 Å². The van der Waals surface area contributed by atoms with Gasteiger partial charge in [-0.3, -0.25) is 19.2 Å². The number of ether oxygens (including phenoxy) is 5. The molecule has 13 heteroatoms. The van der Waals surface area contributed by atoms with E-state index in [1.807, 2.05) is 6.92 Å². The van der Waals surface area contributed by atoms with Gasteiger partial charge in [-0.15, -0.1) is 0 Å². The van der Waals surface area contributed by atoms with Crippen LogP contribution in [-0.4, -0.2) is 94.8 Å². The van der Waals surface area contributed by atoms with Crippen molar-refractivity contribution in [2.45, 2.75) is 85.5 Å². The lowest BCUT2D eigenvalue weighted by Gasteiger charge is -2.31. The number of esters is 5. The van der Waals surface area contributed by atoms with E-state index in [9.17, 15) is 28.8 Å². The number of hydrogen-bond donors (Lipinski definition) is 2. The van der Waals surface area contributed by atoms with Gasteiger partial charge in [-0.1, -0.05) is 26.7 Å². The minimum absolute atomic E-state index is 0.00740. The molecule has 272 valence electrons. The van der Waals surface area contributed by atoms with Crippen LogP contribution in [0.3, 0.4) is 0 Å². The number of hydrogen-bond acceptors (Lipinski definition) is 13. The van der Waals surface area contributed by atoms with Crippen LogP contribution in [-0.2, 0) is 52.5 Å². The second-order valence-corrected chi connectivity index (χ2v) is 11.8. The predicted molar refractivity (Wildman–Crippen MR) is 180 cm³/mol. The molecule has 0 aromatic heterocycles. The van der Waals surface area contributed by atoms with Gasteiger partial charge in [0.25, 0.3) is 0 Å². The highest BCUT2D eigenvalue weighted by atomic mass is 16.6. The van der Waals surface area contributed by atoms with Crippen molar-refractivity contribution in [2.75, 3.05) is 59.2 Å². The van der Waals surface area contributed by atoms with E-state index in [0.717, 1.165) is 0 Å². The third-order valence-corrected chi connectivity index (χ3v) is 7.08. The zero-order valence-electron chi connectivity index (χ0n) is 29.3. The standard InChI is InChI=1S/C35H56N2O11/c1-8-35(23-46-30(39)14-10-9-11-21-44-33(42)27(4)5,24-47-31(40)15-18-36-17-12-13-29(38)26(2)3)25-48-32(41)16-19-37-20-22-45-34(43)28(6)7/h36-37H,2,4,6,8-25H2,1,3,5,7H3. The van der Waals surface area contributed by atoms with Crippen LogP contribution in [0.25, 0.3) is 0 Å². The van der Waals surface area contributed by atoms with Crippen LogP contribution in [0.5, 0.6) is 0 Å². The maximum absolute atomic E-state index is 12.5. The zero-order chi connectivity index (χ0) is 36.4. The van der Waals surface area contributed by atoms with Gasteiger partial charge in [-0.05, 0) is 65.0 Å². The molecule has 0 fully saturated rings. The number of carbonyl (C=O) groups excluding carboxylic acids is 6. The van der Waals surface area contributed by atoms with Crippen molar-refractivity contribution in [2.24, 2.45) is 5.41 Å². The Kier molecular flexibility index (Phi) is 24.1. The topological polar surface area (TPSA) is 173 Å². The van der Waals surface area contributed by atoms with Gasteiger partial charge in [0.15, 0.2) is 5.78 Å². The summed E-state index contributed by atoms with van der Waals surface area (Å²) < 4.78 is 26.6. The summed E-state index contributed by atoms with van der Waals surface area (Å²) in [5, 5.41) is 6.09. The van der Waals surface area contributed by atoms with Gasteiger partial charge < -0.3 is 34.3 Å². The van der Waals surface area contributed by atoms with Gasteiger partial charge >= 0.3 is 29.8 Å². The fourth-order valence-corrected chi connectivity index (χ4v) is 3.74. The normalized spacial score (nSPS) is 11.8. The van der Waals surface area contributed by atoms with Gasteiger partial charge in [-0.2, -0.15) is 0 Å². The molecule has 0 saturated carbocycles. The maximum atomic E-state index is 12.5. The number of allylic oxidation sites excluding steroid dienone is 1. The van der Waals surface area contributed by atoms with E-state index in [0.29, 0.717) is 74.9 Å². The van der Waals surface area contributed by atoms with E-state index in [4.69, 9.17) is 23.7 Å². The average molecular weight is 681 g/mol. The van der Waals surface area contributed by atoms with Crippen LogP contribution in [0.15, 0.2) is 36.5 Å². The SMILES string of the molecule is C=C(C)C(=O)CCCNCCC(=O)OCC(CC)(COC(=O)CCCCCOC(=O)C(=C)C)COC(=O)CCNCCOC(=O)C(=C)C. The molecular formula is C35H56N2O11. The first-order valence-electron chi connectivity index (χ1n) is 16.4. The Hall–Kier alpha value is -3.84. The summed E-state index contributed by atoms with van der Waals surface area (Å²) in [5.41, 5.74) is 0.181. The van der Waals surface area contributed by atoms with Crippen molar-refractivity contribution in [3.63, 3.8) is 0 Å². The fourth-order valence-electron chi connectivity index (χ4n) is 3.74. The van der Waals surface area contributed by atoms with E-state index in [1.54, 1.807) is 20.8 Å². The van der Waals surface area contributed by atoms with Crippen molar-refractivity contribution in [3.05, 3.63) is 36.5 Å². The van der Waals surface area contributed by atoms with Crippen molar-refractivity contribution in [3.8, 4) is 0 Å². The Morgan fingerprint density at radius 2 is 1.00 bits per heavy atom. The van der Waals surface area contributed by atoms with Crippen LogP contribution < -0.4 is 10.6 Å². The van der Waals surface area contributed by atoms with Crippen molar-refractivity contribution in [1.82, 2.24) is 10.6 Å². The van der Waals surface area contributed by atoms with Gasteiger partial charge in [0.2, 0.25) is 0 Å². The summed E-state index contributed by atoms with van der Waals surface area (Å²) in [6, 6.07) is 0. The van der Waals surface area contributed by atoms with E-state index < -0.39 is 35.3 Å². The highest BCUT2D eigenvalue weighted by Crippen LogP contribution is 2.25. The third kappa shape index (κ3) is 22.6. The Bertz CT molecular complexity index is 969. The van der Waals surface area contributed by atoms with E-state index in [1.165, 1.54) is 0 Å². The number of rotatable bonds is 29. The Labute approximate surface area is 285 Å². The summed E-state index contributed by atoms with van der Waals surface area (Å²) in [6.07, 6.45) is 3.43. The number of Topliss-reactive ketones (excluding diaryl/α,β-unsaturated/α-hetero) is 1. The number of ketones is 1. The van der Waals surface area contributed by atoms with Crippen LogP contribution in [0, 0.1) is 5.41 Å². The second-order valence-electron chi connectivity index (χ2n) is 11.8. The summed E-state index contributed by atoms with van der Waals surface area (Å²) in [5.74, 6) is -2.35. The maximum Gasteiger partial charge on any atom is 0.333 e. The molecule has 0 saturated heterocycles. The zero-order valence-corrected chi connectivity index (χ0v) is 29.3. The smallest absolute Gasteiger partial charge is 0.333 e. The molecule has 0 radical (unpaired) electrons. The van der Waals surface area contributed by atoms with Crippen LogP contribution in [0.4, 0.5) is 0 Å². The van der Waals surface area contributed by atoms with Gasteiger partial charge in [0.1, 0.15) is 26.4 Å². The largest absolute Gasteiger partial charge is 0.465 e. The third-order valence-electron chi connectivity index (χ3n) is 7.08. The average Bonchev–Trinajstić information content (AvgIpc) is 3.05. The monoisotopic (exact) mass is 680 g/mol. The minimum Gasteiger partial charge on any atom is -0.465 e. The summed E-state index contributed by atoms with van der Waals surface area (Å²) >= 11 is 0. The molecule has 1 unspecified atom stereocenters. The van der Waals surface area contributed by atoms with E-state index >= 15 is 0 Å². The van der Waals surface area contributed by atoms with Crippen molar-refractivity contribution >= 4 is 35.6 Å². The first-order valence-corrected chi connectivity index (χ1v) is 16.4. The molecule has 0 aliphatic rings. The number of nitrogens with one attached hydrogen (secondary N) is 2. The van der Waals surface area contributed by atoms with E-state index in [-0.39, 0.29) is 64.6 Å². The number of unbranched alkanes of at least 4 members (excludes halogenated alkanes) is 2. The molecule has 0 amide bonds. The molecule has 1 atom stereocenters. The molecule has 0 rings (SSSR count). The molecule has 0 spiro atoms. The van der Waals surface area contributed by atoms with Gasteiger partial charge in [-0.25, -0.2) is 9.59 Å². The van der Waals surface area contributed by atoms with Crippen LogP contribution in [0.1, 0.15) is 85.5 Å². The molecule has 48 heavy (non-hydrogen) atoms. The fraction of sp³-hybridized carbons (Fsp3) is 0.657. The van der Waals surface area contributed by atoms with Gasteiger partial charge in [0.05, 0.1) is 24.9 Å². The highest BCUT2D eigenvalue weighted by molar-refractivity contribution is 5.94. The number of carbonyl (C=O) groups is 6. The molecule has 0 aliphatic heterocycles. The van der Waals surface area contributed by atoms with Crippen molar-refractivity contribution < 1.29 is 52.5 Å². The molecular weight excluding hydrogens is 624 g/mol. The summed E-state index contributed by atoms with van der Waals surface area (Å²) in [4.78, 5) is 72.0. The lowest BCUT2D eigenvalue weighted by Crippen LogP contribution is -2.39. The highest BCUT2D eigenvalue weighted by Gasteiger charge is 2.34.